The molecule has 2 N–H and O–H groups in total. The first-order chi connectivity index (χ1) is 16.9. The SMILES string of the molecule is Fc1ccc2c(c1)CC(C1CCN(CCCOc3ncccn3)CC1)OO2.O=C(O)C=CC(=O)O. The molecule has 0 amide bonds. The average Bonchev–Trinajstić information content (AvgIpc) is 2.86. The predicted octanol–water partition coefficient (Wildman–Crippen LogP) is 2.74. The van der Waals surface area contributed by atoms with Gasteiger partial charge in [-0.15, -0.1) is 0 Å². The number of benzene rings is 1. The molecule has 1 atom stereocenters. The molecule has 10 nitrogen and oxygen atoms in total. The van der Waals surface area contributed by atoms with Crippen LogP contribution in [0.2, 0.25) is 0 Å². The largest absolute Gasteiger partial charge is 0.478 e. The van der Waals surface area contributed by atoms with E-state index in [-0.39, 0.29) is 11.9 Å². The van der Waals surface area contributed by atoms with E-state index in [0.29, 0.717) is 42.9 Å². The van der Waals surface area contributed by atoms with Crippen molar-refractivity contribution in [2.45, 2.75) is 31.8 Å². The van der Waals surface area contributed by atoms with Crippen molar-refractivity contribution in [2.24, 2.45) is 5.92 Å². The van der Waals surface area contributed by atoms with E-state index in [1.165, 1.54) is 6.07 Å². The number of rotatable bonds is 8. The molecule has 3 heterocycles. The molecule has 0 bridgehead atoms. The van der Waals surface area contributed by atoms with Crippen molar-refractivity contribution >= 4 is 11.9 Å². The average molecular weight is 490 g/mol. The van der Waals surface area contributed by atoms with Gasteiger partial charge in [0.25, 0.3) is 0 Å². The van der Waals surface area contributed by atoms with Gasteiger partial charge in [-0.3, -0.25) is 0 Å². The second-order valence-corrected chi connectivity index (χ2v) is 8.10. The van der Waals surface area contributed by atoms with E-state index in [1.54, 1.807) is 30.6 Å². The van der Waals surface area contributed by atoms with E-state index in [4.69, 9.17) is 24.7 Å². The van der Waals surface area contributed by atoms with Gasteiger partial charge >= 0.3 is 17.9 Å². The molecule has 1 aromatic carbocycles. The Hall–Kier alpha value is -3.57. The standard InChI is InChI=1S/C20H24FN3O3.C4H4O4/c21-17-3-4-18-16(13-17)14-19(27-26-18)15-5-10-24(11-6-15)9-2-12-25-20-22-7-1-8-23-20;5-3(6)1-2-4(7)8/h1,3-4,7-8,13,15,19H,2,5-6,9-12,14H2;1-2H,(H,5,6)(H,7,8). The van der Waals surface area contributed by atoms with Crippen molar-refractivity contribution in [3.05, 3.63) is 60.2 Å². The molecule has 2 aliphatic heterocycles. The summed E-state index contributed by atoms with van der Waals surface area (Å²) in [5.74, 6) is -1.67. The first-order valence-electron chi connectivity index (χ1n) is 11.3. The minimum atomic E-state index is -1.26. The van der Waals surface area contributed by atoms with Crippen LogP contribution in [0.4, 0.5) is 4.39 Å². The summed E-state index contributed by atoms with van der Waals surface area (Å²) in [6, 6.07) is 6.78. The maximum atomic E-state index is 13.5. The Morgan fingerprint density at radius 2 is 1.83 bits per heavy atom. The summed E-state index contributed by atoms with van der Waals surface area (Å²) in [4.78, 5) is 40.6. The van der Waals surface area contributed by atoms with Gasteiger partial charge in [-0.1, -0.05) is 0 Å². The molecule has 0 radical (unpaired) electrons. The lowest BCUT2D eigenvalue weighted by Crippen LogP contribution is -2.41. The number of aliphatic carboxylic acids is 2. The number of hydrogen-bond acceptors (Lipinski definition) is 8. The van der Waals surface area contributed by atoms with Gasteiger partial charge in [0, 0.05) is 43.1 Å². The summed E-state index contributed by atoms with van der Waals surface area (Å²) in [5.41, 5.74) is 0.897. The van der Waals surface area contributed by atoms with Gasteiger partial charge in [0.05, 0.1) is 6.61 Å². The van der Waals surface area contributed by atoms with Crippen LogP contribution in [-0.2, 0) is 20.9 Å². The van der Waals surface area contributed by atoms with Crippen molar-refractivity contribution < 1.29 is 38.7 Å². The molecular formula is C24H28FN3O7. The monoisotopic (exact) mass is 489 g/mol. The highest BCUT2D eigenvalue weighted by Crippen LogP contribution is 2.33. The van der Waals surface area contributed by atoms with Crippen LogP contribution in [0.5, 0.6) is 11.8 Å². The highest BCUT2D eigenvalue weighted by molar-refractivity contribution is 5.89. The molecule has 4 rings (SSSR count). The van der Waals surface area contributed by atoms with Gasteiger partial charge in [0.1, 0.15) is 11.9 Å². The van der Waals surface area contributed by atoms with Gasteiger partial charge < -0.3 is 24.7 Å². The van der Waals surface area contributed by atoms with E-state index in [0.717, 1.165) is 44.5 Å². The number of carbonyl (C=O) groups is 2. The number of piperidine rings is 1. The molecule has 1 aromatic heterocycles. The first kappa shape index (κ1) is 26.0. The molecule has 1 saturated heterocycles. The molecule has 188 valence electrons. The van der Waals surface area contributed by atoms with Crippen LogP contribution < -0.4 is 9.62 Å². The minimum Gasteiger partial charge on any atom is -0.478 e. The summed E-state index contributed by atoms with van der Waals surface area (Å²) in [7, 11) is 0. The molecule has 0 saturated carbocycles. The zero-order chi connectivity index (χ0) is 25.0. The van der Waals surface area contributed by atoms with E-state index in [2.05, 4.69) is 14.9 Å². The number of carboxylic acids is 2. The lowest BCUT2D eigenvalue weighted by atomic mass is 9.87. The number of aromatic nitrogens is 2. The van der Waals surface area contributed by atoms with Gasteiger partial charge in [-0.2, -0.15) is 4.89 Å². The number of hydrogen-bond donors (Lipinski definition) is 2. The molecular weight excluding hydrogens is 461 g/mol. The summed E-state index contributed by atoms with van der Waals surface area (Å²) in [5, 5.41) is 15.6. The summed E-state index contributed by atoms with van der Waals surface area (Å²) < 4.78 is 19.0. The maximum Gasteiger partial charge on any atom is 0.328 e. The number of halogens is 1. The number of carboxylic acid groups (broad SMARTS) is 2. The second-order valence-electron chi connectivity index (χ2n) is 8.10. The van der Waals surface area contributed by atoms with Crippen LogP contribution in [0.25, 0.3) is 0 Å². The van der Waals surface area contributed by atoms with Crippen molar-refractivity contribution in [1.29, 1.82) is 0 Å². The second kappa shape index (κ2) is 13.4. The zero-order valence-corrected chi connectivity index (χ0v) is 19.1. The fourth-order valence-electron chi connectivity index (χ4n) is 3.90. The zero-order valence-electron chi connectivity index (χ0n) is 19.1. The quantitative estimate of drug-likeness (QED) is 0.324. The predicted molar refractivity (Wildman–Crippen MR) is 121 cm³/mol. The van der Waals surface area contributed by atoms with Crippen LogP contribution in [0, 0.1) is 11.7 Å². The highest BCUT2D eigenvalue weighted by atomic mass is 19.1. The Labute approximate surface area is 201 Å². The van der Waals surface area contributed by atoms with Crippen LogP contribution in [0.3, 0.4) is 0 Å². The van der Waals surface area contributed by atoms with Crippen LogP contribution in [-0.4, -0.2) is 69.4 Å². The van der Waals surface area contributed by atoms with E-state index < -0.39 is 11.9 Å². The smallest absolute Gasteiger partial charge is 0.328 e. The summed E-state index contributed by atoms with van der Waals surface area (Å²) >= 11 is 0. The maximum absolute atomic E-state index is 13.5. The van der Waals surface area contributed by atoms with Crippen LogP contribution in [0.15, 0.2) is 48.8 Å². The number of nitrogens with zero attached hydrogens (tertiary/aromatic N) is 3. The Morgan fingerprint density at radius 1 is 1.14 bits per heavy atom. The molecule has 2 aromatic rings. The normalized spacial score (nSPS) is 18.1. The lowest BCUT2D eigenvalue weighted by molar-refractivity contribution is -0.270. The topological polar surface area (TPSA) is 131 Å². The third kappa shape index (κ3) is 8.95. The van der Waals surface area contributed by atoms with Gasteiger partial charge in [-0.25, -0.2) is 23.9 Å². The number of ether oxygens (including phenoxy) is 1. The van der Waals surface area contributed by atoms with Crippen molar-refractivity contribution in [1.82, 2.24) is 14.9 Å². The Bertz CT molecular complexity index is 982. The summed E-state index contributed by atoms with van der Waals surface area (Å²) in [6.07, 6.45) is 8.24. The van der Waals surface area contributed by atoms with Gasteiger partial charge in [0.2, 0.25) is 0 Å². The van der Waals surface area contributed by atoms with Gasteiger partial charge in [0.15, 0.2) is 5.75 Å². The van der Waals surface area contributed by atoms with E-state index in [9.17, 15) is 14.0 Å². The highest BCUT2D eigenvalue weighted by Gasteiger charge is 2.32. The van der Waals surface area contributed by atoms with Crippen molar-refractivity contribution in [3.63, 3.8) is 0 Å². The van der Waals surface area contributed by atoms with E-state index >= 15 is 0 Å². The lowest BCUT2D eigenvalue weighted by Gasteiger charge is -2.36. The number of fused-ring (bicyclic) bond motifs is 1. The van der Waals surface area contributed by atoms with Crippen molar-refractivity contribution in [2.75, 3.05) is 26.2 Å². The third-order valence-corrected chi connectivity index (χ3v) is 5.62. The molecule has 0 aliphatic carbocycles. The fourth-order valence-corrected chi connectivity index (χ4v) is 3.90. The van der Waals surface area contributed by atoms with Gasteiger partial charge in [-0.05, 0) is 62.5 Å². The summed E-state index contributed by atoms with van der Waals surface area (Å²) in [6.45, 7) is 3.67. The van der Waals surface area contributed by atoms with Crippen LogP contribution in [0.1, 0.15) is 24.8 Å². The Kier molecular flexibility index (Phi) is 9.93. The Morgan fingerprint density at radius 3 is 2.49 bits per heavy atom. The third-order valence-electron chi connectivity index (χ3n) is 5.62. The molecule has 11 heteroatoms. The van der Waals surface area contributed by atoms with Crippen LogP contribution >= 0.6 is 0 Å². The Balaban J connectivity index is 0.000000371. The molecule has 1 unspecified atom stereocenters. The molecule has 35 heavy (non-hydrogen) atoms. The molecule has 2 aliphatic rings. The molecule has 0 spiro atoms. The number of likely N-dealkylation sites (tertiary alicyclic amines) is 1. The molecule has 1 fully saturated rings. The first-order valence-corrected chi connectivity index (χ1v) is 11.3. The van der Waals surface area contributed by atoms with Crippen molar-refractivity contribution in [3.8, 4) is 11.8 Å². The minimum absolute atomic E-state index is 0.0000118. The van der Waals surface area contributed by atoms with E-state index in [1.807, 2.05) is 0 Å². The fraction of sp³-hybridized carbons (Fsp3) is 0.417.